The number of nitrogens with two attached hydrogens (primary N) is 2. The minimum absolute atomic E-state index is 0.0754. The molecule has 4 heteroatoms. The Labute approximate surface area is 115 Å². The van der Waals surface area contributed by atoms with Crippen molar-refractivity contribution in [3.8, 4) is 0 Å². The van der Waals surface area contributed by atoms with Crippen molar-refractivity contribution < 1.29 is 4.79 Å². The number of amides is 1. The average Bonchev–Trinajstić information content (AvgIpc) is 2.40. The van der Waals surface area contributed by atoms with Crippen molar-refractivity contribution in [3.05, 3.63) is 48.0 Å². The summed E-state index contributed by atoms with van der Waals surface area (Å²) < 4.78 is 0. The molecule has 0 aromatic heterocycles. The lowest BCUT2D eigenvalue weighted by Crippen LogP contribution is -2.44. The highest BCUT2D eigenvalue weighted by molar-refractivity contribution is 5.81. The maximum atomic E-state index is 12.2. The van der Waals surface area contributed by atoms with Crippen molar-refractivity contribution in [3.63, 3.8) is 0 Å². The van der Waals surface area contributed by atoms with E-state index in [1.54, 1.807) is 11.0 Å². The van der Waals surface area contributed by atoms with E-state index >= 15 is 0 Å². The van der Waals surface area contributed by atoms with Crippen molar-refractivity contribution >= 4 is 5.91 Å². The Morgan fingerprint density at radius 2 is 2.16 bits per heavy atom. The van der Waals surface area contributed by atoms with Gasteiger partial charge in [-0.25, -0.2) is 0 Å². The molecule has 1 atom stereocenters. The molecule has 0 heterocycles. The number of rotatable bonds is 7. The first-order valence-electron chi connectivity index (χ1n) is 6.50. The summed E-state index contributed by atoms with van der Waals surface area (Å²) in [7, 11) is 0. The standard InChI is InChI=1S/C15H23N3O/c1-3-10-18(15(19)14(17)8-9-16)11-13-7-5-4-6-12(13)2/h3-7,14H,1,8-11,16-17H2,2H3/t14-/m0/s1. The maximum absolute atomic E-state index is 12.2. The predicted octanol–water partition coefficient (Wildman–Crippen LogP) is 1.19. The highest BCUT2D eigenvalue weighted by Gasteiger charge is 2.20. The number of carbonyl (C=O) groups excluding carboxylic acids is 1. The molecular weight excluding hydrogens is 238 g/mol. The smallest absolute Gasteiger partial charge is 0.240 e. The van der Waals surface area contributed by atoms with E-state index in [2.05, 4.69) is 6.58 Å². The molecule has 0 radical (unpaired) electrons. The largest absolute Gasteiger partial charge is 0.333 e. The van der Waals surface area contributed by atoms with Crippen molar-refractivity contribution in [1.82, 2.24) is 4.90 Å². The predicted molar refractivity (Wildman–Crippen MR) is 78.4 cm³/mol. The summed E-state index contributed by atoms with van der Waals surface area (Å²) >= 11 is 0. The normalized spacial score (nSPS) is 11.9. The molecule has 104 valence electrons. The molecule has 4 nitrogen and oxygen atoms in total. The molecule has 0 saturated heterocycles. The van der Waals surface area contributed by atoms with Gasteiger partial charge in [0.05, 0.1) is 6.04 Å². The van der Waals surface area contributed by atoms with Gasteiger partial charge in [0, 0.05) is 13.1 Å². The third-order valence-corrected chi connectivity index (χ3v) is 3.08. The van der Waals surface area contributed by atoms with Gasteiger partial charge in [-0.3, -0.25) is 4.79 Å². The molecule has 0 unspecified atom stereocenters. The molecule has 0 spiro atoms. The van der Waals surface area contributed by atoms with Crippen molar-refractivity contribution in [2.24, 2.45) is 11.5 Å². The molecule has 19 heavy (non-hydrogen) atoms. The van der Waals surface area contributed by atoms with Crippen LogP contribution in [0.2, 0.25) is 0 Å². The third-order valence-electron chi connectivity index (χ3n) is 3.08. The van der Waals surface area contributed by atoms with Gasteiger partial charge in [-0.2, -0.15) is 0 Å². The van der Waals surface area contributed by atoms with Crippen LogP contribution in [-0.2, 0) is 11.3 Å². The fraction of sp³-hybridized carbons (Fsp3) is 0.400. The lowest BCUT2D eigenvalue weighted by molar-refractivity contribution is -0.132. The maximum Gasteiger partial charge on any atom is 0.240 e. The molecule has 1 aromatic carbocycles. The zero-order valence-electron chi connectivity index (χ0n) is 11.5. The van der Waals surface area contributed by atoms with Crippen LogP contribution >= 0.6 is 0 Å². The van der Waals surface area contributed by atoms with E-state index in [-0.39, 0.29) is 5.91 Å². The minimum atomic E-state index is -0.533. The molecule has 4 N–H and O–H groups in total. The number of carbonyl (C=O) groups is 1. The summed E-state index contributed by atoms with van der Waals surface area (Å²) in [6, 6.07) is 7.48. The van der Waals surface area contributed by atoms with E-state index in [4.69, 9.17) is 11.5 Å². The monoisotopic (exact) mass is 261 g/mol. The fourth-order valence-corrected chi connectivity index (χ4v) is 1.92. The van der Waals surface area contributed by atoms with E-state index in [9.17, 15) is 4.79 Å². The van der Waals surface area contributed by atoms with Crippen LogP contribution in [0.3, 0.4) is 0 Å². The molecule has 0 aliphatic heterocycles. The van der Waals surface area contributed by atoms with Crippen LogP contribution in [0.15, 0.2) is 36.9 Å². The Kier molecular flexibility index (Phi) is 6.25. The number of nitrogens with zero attached hydrogens (tertiary/aromatic N) is 1. The quantitative estimate of drug-likeness (QED) is 0.724. The van der Waals surface area contributed by atoms with Gasteiger partial charge in [-0.1, -0.05) is 30.3 Å². The second kappa shape index (κ2) is 7.71. The summed E-state index contributed by atoms with van der Waals surface area (Å²) in [4.78, 5) is 14.0. The van der Waals surface area contributed by atoms with Gasteiger partial charge < -0.3 is 16.4 Å². The fourth-order valence-electron chi connectivity index (χ4n) is 1.92. The Morgan fingerprint density at radius 1 is 1.47 bits per heavy atom. The lowest BCUT2D eigenvalue weighted by atomic mass is 10.1. The second-order valence-electron chi connectivity index (χ2n) is 4.62. The van der Waals surface area contributed by atoms with Crippen molar-refractivity contribution in [2.75, 3.05) is 13.1 Å². The van der Waals surface area contributed by atoms with E-state index in [0.717, 1.165) is 11.1 Å². The third kappa shape index (κ3) is 4.50. The van der Waals surface area contributed by atoms with Crippen LogP contribution in [0.5, 0.6) is 0 Å². The van der Waals surface area contributed by atoms with Gasteiger partial charge in [-0.05, 0) is 31.0 Å². The highest BCUT2D eigenvalue weighted by Crippen LogP contribution is 2.11. The summed E-state index contributed by atoms with van der Waals surface area (Å²) in [5.74, 6) is -0.0754. The zero-order chi connectivity index (χ0) is 14.3. The SMILES string of the molecule is C=CCN(Cc1ccccc1C)C(=O)[C@@H](N)CCN. The van der Waals surface area contributed by atoms with Crippen LogP contribution in [-0.4, -0.2) is 29.9 Å². The Morgan fingerprint density at radius 3 is 2.74 bits per heavy atom. The van der Waals surface area contributed by atoms with Gasteiger partial charge in [0.15, 0.2) is 0 Å². The van der Waals surface area contributed by atoms with Crippen LogP contribution in [0.25, 0.3) is 0 Å². The van der Waals surface area contributed by atoms with E-state index in [1.807, 2.05) is 31.2 Å². The molecule has 0 bridgehead atoms. The van der Waals surface area contributed by atoms with Gasteiger partial charge in [0.1, 0.15) is 0 Å². The molecule has 1 amide bonds. The number of hydrogen-bond donors (Lipinski definition) is 2. The number of hydrogen-bond acceptors (Lipinski definition) is 3. The Bertz CT molecular complexity index is 431. The highest BCUT2D eigenvalue weighted by atomic mass is 16.2. The molecule has 1 rings (SSSR count). The van der Waals surface area contributed by atoms with Crippen LogP contribution in [0.1, 0.15) is 17.5 Å². The number of benzene rings is 1. The Hall–Kier alpha value is -1.65. The lowest BCUT2D eigenvalue weighted by Gasteiger charge is -2.25. The van der Waals surface area contributed by atoms with Gasteiger partial charge >= 0.3 is 0 Å². The number of aryl methyl sites for hydroxylation is 1. The average molecular weight is 261 g/mol. The van der Waals surface area contributed by atoms with Crippen LogP contribution in [0.4, 0.5) is 0 Å². The van der Waals surface area contributed by atoms with Crippen molar-refractivity contribution in [1.29, 1.82) is 0 Å². The topological polar surface area (TPSA) is 72.3 Å². The van der Waals surface area contributed by atoms with E-state index < -0.39 is 6.04 Å². The summed E-state index contributed by atoms with van der Waals surface area (Å²) in [5.41, 5.74) is 13.6. The molecule has 0 aliphatic rings. The van der Waals surface area contributed by atoms with Crippen molar-refractivity contribution in [2.45, 2.75) is 25.9 Å². The van der Waals surface area contributed by atoms with Crippen LogP contribution < -0.4 is 11.5 Å². The minimum Gasteiger partial charge on any atom is -0.333 e. The molecule has 1 aromatic rings. The van der Waals surface area contributed by atoms with Gasteiger partial charge in [0.25, 0.3) is 0 Å². The first kappa shape index (κ1) is 15.4. The Balaban J connectivity index is 2.80. The second-order valence-corrected chi connectivity index (χ2v) is 4.62. The molecular formula is C15H23N3O. The summed E-state index contributed by atoms with van der Waals surface area (Å²) in [5, 5.41) is 0. The van der Waals surface area contributed by atoms with Gasteiger partial charge in [0.2, 0.25) is 5.91 Å². The first-order chi connectivity index (χ1) is 9.10. The first-order valence-corrected chi connectivity index (χ1v) is 6.50. The molecule has 0 fully saturated rings. The van der Waals surface area contributed by atoms with Crippen LogP contribution in [0, 0.1) is 6.92 Å². The summed E-state index contributed by atoms with van der Waals surface area (Å²) in [6.07, 6.45) is 2.21. The van der Waals surface area contributed by atoms with E-state index in [1.165, 1.54) is 0 Å². The zero-order valence-corrected chi connectivity index (χ0v) is 11.5. The molecule has 0 saturated carbocycles. The summed E-state index contributed by atoms with van der Waals surface area (Å²) in [6.45, 7) is 7.19. The molecule has 0 aliphatic carbocycles. The van der Waals surface area contributed by atoms with Gasteiger partial charge in [-0.15, -0.1) is 6.58 Å². The van der Waals surface area contributed by atoms with E-state index in [0.29, 0.717) is 26.1 Å².